The second kappa shape index (κ2) is 7.19. The summed E-state index contributed by atoms with van der Waals surface area (Å²) in [7, 11) is 1.22. The number of pyridine rings is 1. The van der Waals surface area contributed by atoms with Crippen molar-refractivity contribution >= 4 is 16.9 Å². The maximum absolute atomic E-state index is 13.0. The van der Waals surface area contributed by atoms with Crippen LogP contribution in [0.2, 0.25) is 0 Å². The van der Waals surface area contributed by atoms with Gasteiger partial charge in [-0.25, -0.2) is 9.18 Å². The maximum atomic E-state index is 13.0. The first-order valence-electron chi connectivity index (χ1n) is 7.86. The number of benzene rings is 2. The minimum absolute atomic E-state index is 0.0240. The molecular weight excluding hydrogens is 335 g/mol. The van der Waals surface area contributed by atoms with Gasteiger partial charge in [0.1, 0.15) is 16.9 Å². The standard InChI is InChI=1S/C20H15FN2O3/c1-26-20(25)17-10-14(6-7-22)16-9-13(11-23-18(16)19(17)24)8-12-2-4-15(21)5-3-12/h2-5,9-11,24H,6,8H2,1H3. The van der Waals surface area contributed by atoms with Gasteiger partial charge in [0.25, 0.3) is 0 Å². The predicted molar refractivity (Wildman–Crippen MR) is 93.3 cm³/mol. The number of nitrogens with zero attached hydrogens (tertiary/aromatic N) is 2. The van der Waals surface area contributed by atoms with Gasteiger partial charge < -0.3 is 9.84 Å². The Bertz CT molecular complexity index is 1020. The summed E-state index contributed by atoms with van der Waals surface area (Å²) in [5.41, 5.74) is 2.54. The minimum Gasteiger partial charge on any atom is -0.505 e. The van der Waals surface area contributed by atoms with Crippen molar-refractivity contribution in [2.24, 2.45) is 0 Å². The molecule has 6 heteroatoms. The van der Waals surface area contributed by atoms with E-state index in [-0.39, 0.29) is 29.1 Å². The summed E-state index contributed by atoms with van der Waals surface area (Å²) in [6.45, 7) is 0. The number of methoxy groups -OCH3 is 1. The molecule has 1 N–H and O–H groups in total. The zero-order valence-corrected chi connectivity index (χ0v) is 14.0. The Morgan fingerprint density at radius 3 is 2.65 bits per heavy atom. The summed E-state index contributed by atoms with van der Waals surface area (Å²) in [4.78, 5) is 16.1. The first kappa shape index (κ1) is 17.4. The molecule has 0 aliphatic carbocycles. The van der Waals surface area contributed by atoms with E-state index in [0.29, 0.717) is 17.4 Å². The molecule has 0 aliphatic rings. The van der Waals surface area contributed by atoms with Crippen LogP contribution in [0.4, 0.5) is 4.39 Å². The van der Waals surface area contributed by atoms with Gasteiger partial charge in [-0.2, -0.15) is 5.26 Å². The van der Waals surface area contributed by atoms with E-state index in [2.05, 4.69) is 15.8 Å². The number of nitriles is 1. The molecule has 0 atom stereocenters. The number of aromatic nitrogens is 1. The van der Waals surface area contributed by atoms with Crippen LogP contribution in [0.1, 0.15) is 27.0 Å². The summed E-state index contributed by atoms with van der Waals surface area (Å²) in [6, 6.07) is 11.5. The number of rotatable bonds is 4. The third-order valence-corrected chi connectivity index (χ3v) is 4.08. The summed E-state index contributed by atoms with van der Waals surface area (Å²) >= 11 is 0. The van der Waals surface area contributed by atoms with Gasteiger partial charge in [0.2, 0.25) is 0 Å². The molecule has 0 radical (unpaired) electrons. The molecule has 0 aliphatic heterocycles. The van der Waals surface area contributed by atoms with Crippen molar-refractivity contribution in [3.8, 4) is 11.8 Å². The molecule has 3 aromatic rings. The van der Waals surface area contributed by atoms with Gasteiger partial charge in [0.15, 0.2) is 5.75 Å². The lowest BCUT2D eigenvalue weighted by Gasteiger charge is -2.11. The van der Waals surface area contributed by atoms with Crippen molar-refractivity contribution in [3.63, 3.8) is 0 Å². The van der Waals surface area contributed by atoms with Crippen molar-refractivity contribution in [2.75, 3.05) is 7.11 Å². The van der Waals surface area contributed by atoms with Gasteiger partial charge in [-0.3, -0.25) is 4.98 Å². The molecule has 0 spiro atoms. The number of aromatic hydroxyl groups is 1. The molecule has 5 nitrogen and oxygen atoms in total. The van der Waals surface area contributed by atoms with Crippen LogP contribution >= 0.6 is 0 Å². The molecule has 1 aromatic heterocycles. The highest BCUT2D eigenvalue weighted by atomic mass is 19.1. The quantitative estimate of drug-likeness (QED) is 0.728. The monoisotopic (exact) mass is 350 g/mol. The lowest BCUT2D eigenvalue weighted by atomic mass is 9.98. The van der Waals surface area contributed by atoms with Gasteiger partial charge in [-0.15, -0.1) is 0 Å². The summed E-state index contributed by atoms with van der Waals surface area (Å²) < 4.78 is 17.7. The molecule has 0 amide bonds. The van der Waals surface area contributed by atoms with Crippen molar-refractivity contribution in [1.29, 1.82) is 5.26 Å². The largest absolute Gasteiger partial charge is 0.505 e. The van der Waals surface area contributed by atoms with Crippen molar-refractivity contribution in [1.82, 2.24) is 4.98 Å². The summed E-state index contributed by atoms with van der Waals surface area (Å²) in [5.74, 6) is -1.27. The minimum atomic E-state index is -0.694. The van der Waals surface area contributed by atoms with Gasteiger partial charge >= 0.3 is 5.97 Å². The van der Waals surface area contributed by atoms with Crippen LogP contribution in [-0.2, 0) is 17.6 Å². The number of fused-ring (bicyclic) bond motifs is 1. The number of halogens is 1. The van der Waals surface area contributed by atoms with E-state index in [1.54, 1.807) is 18.3 Å². The molecule has 0 bridgehead atoms. The number of phenols is 1. The van der Waals surface area contributed by atoms with Crippen LogP contribution in [-0.4, -0.2) is 23.2 Å². The Morgan fingerprint density at radius 1 is 1.27 bits per heavy atom. The van der Waals surface area contributed by atoms with Gasteiger partial charge in [0.05, 0.1) is 19.6 Å². The topological polar surface area (TPSA) is 83.2 Å². The molecule has 1 heterocycles. The molecule has 3 rings (SSSR count). The highest BCUT2D eigenvalue weighted by Crippen LogP contribution is 2.32. The molecule has 0 saturated heterocycles. The molecule has 0 unspecified atom stereocenters. The Labute approximate surface area is 149 Å². The zero-order chi connectivity index (χ0) is 18.7. The van der Waals surface area contributed by atoms with Gasteiger partial charge in [-0.05, 0) is 47.4 Å². The van der Waals surface area contributed by atoms with Crippen LogP contribution in [0.5, 0.6) is 5.75 Å². The van der Waals surface area contributed by atoms with E-state index in [1.165, 1.54) is 25.3 Å². The lowest BCUT2D eigenvalue weighted by molar-refractivity contribution is 0.0597. The summed E-state index contributed by atoms with van der Waals surface area (Å²) in [5, 5.41) is 20.0. The second-order valence-electron chi connectivity index (χ2n) is 5.80. The smallest absolute Gasteiger partial charge is 0.341 e. The number of hydrogen-bond donors (Lipinski definition) is 1. The Hall–Kier alpha value is -3.46. The Morgan fingerprint density at radius 2 is 2.00 bits per heavy atom. The average molecular weight is 350 g/mol. The maximum Gasteiger partial charge on any atom is 0.341 e. The van der Waals surface area contributed by atoms with Crippen LogP contribution in [0.25, 0.3) is 10.9 Å². The Kier molecular flexibility index (Phi) is 4.81. The van der Waals surface area contributed by atoms with E-state index in [4.69, 9.17) is 5.26 Å². The van der Waals surface area contributed by atoms with Crippen LogP contribution in [0.15, 0.2) is 42.6 Å². The van der Waals surface area contributed by atoms with E-state index in [1.807, 2.05) is 6.07 Å². The highest BCUT2D eigenvalue weighted by Gasteiger charge is 2.19. The van der Waals surface area contributed by atoms with Crippen molar-refractivity contribution in [3.05, 3.63) is 70.7 Å². The van der Waals surface area contributed by atoms with Crippen molar-refractivity contribution < 1.29 is 19.0 Å². The number of carbonyl (C=O) groups is 1. The fraction of sp³-hybridized carbons (Fsp3) is 0.150. The van der Waals surface area contributed by atoms with Crippen LogP contribution < -0.4 is 0 Å². The lowest BCUT2D eigenvalue weighted by Crippen LogP contribution is -2.04. The molecule has 0 fully saturated rings. The first-order chi connectivity index (χ1) is 12.5. The number of carbonyl (C=O) groups excluding carboxylic acids is 1. The molecule has 2 aromatic carbocycles. The van der Waals surface area contributed by atoms with Gasteiger partial charge in [-0.1, -0.05) is 12.1 Å². The highest BCUT2D eigenvalue weighted by molar-refractivity contribution is 6.01. The fourth-order valence-electron chi connectivity index (χ4n) is 2.82. The molecule has 26 heavy (non-hydrogen) atoms. The average Bonchev–Trinajstić information content (AvgIpc) is 2.65. The summed E-state index contributed by atoms with van der Waals surface area (Å²) in [6.07, 6.45) is 2.17. The van der Waals surface area contributed by atoms with Crippen LogP contribution in [0.3, 0.4) is 0 Å². The normalized spacial score (nSPS) is 10.5. The SMILES string of the molecule is COC(=O)c1cc(CC#N)c2cc(Cc3ccc(F)cc3)cnc2c1O. The van der Waals surface area contributed by atoms with Crippen LogP contribution in [0, 0.1) is 17.1 Å². The van der Waals surface area contributed by atoms with E-state index < -0.39 is 5.97 Å². The molecular formula is C20H15FN2O3. The molecule has 130 valence electrons. The number of ether oxygens (including phenoxy) is 1. The predicted octanol–water partition coefficient (Wildman–Crippen LogP) is 3.52. The van der Waals surface area contributed by atoms with Crippen molar-refractivity contribution in [2.45, 2.75) is 12.8 Å². The zero-order valence-electron chi connectivity index (χ0n) is 14.0. The number of esters is 1. The van der Waals surface area contributed by atoms with E-state index in [0.717, 1.165) is 11.1 Å². The number of phenolic OH excluding ortho intramolecular Hbond substituents is 1. The number of hydrogen-bond acceptors (Lipinski definition) is 5. The van der Waals surface area contributed by atoms with E-state index >= 15 is 0 Å². The first-order valence-corrected chi connectivity index (χ1v) is 7.86. The third-order valence-electron chi connectivity index (χ3n) is 4.08. The fourth-order valence-corrected chi connectivity index (χ4v) is 2.82. The Balaban J connectivity index is 2.10. The second-order valence-corrected chi connectivity index (χ2v) is 5.80. The molecule has 0 saturated carbocycles. The van der Waals surface area contributed by atoms with E-state index in [9.17, 15) is 14.3 Å². The van der Waals surface area contributed by atoms with Gasteiger partial charge in [0, 0.05) is 11.6 Å². The third kappa shape index (κ3) is 3.33.